The van der Waals surface area contributed by atoms with Crippen molar-refractivity contribution in [2.75, 3.05) is 5.32 Å². The molecule has 0 spiro atoms. The Kier molecular flexibility index (Phi) is 4.82. The molecule has 0 radical (unpaired) electrons. The van der Waals surface area contributed by atoms with Gasteiger partial charge in [0.15, 0.2) is 5.13 Å². The van der Waals surface area contributed by atoms with Gasteiger partial charge in [0, 0.05) is 16.0 Å². The average molecular weight is 423 g/mol. The molecule has 0 bridgehead atoms. The highest BCUT2D eigenvalue weighted by atomic mass is 35.5. The van der Waals surface area contributed by atoms with E-state index in [4.69, 9.17) is 34.8 Å². The fraction of sp³-hybridized carbons (Fsp3) is 0. The van der Waals surface area contributed by atoms with Gasteiger partial charge in [-0.2, -0.15) is 0 Å². The van der Waals surface area contributed by atoms with Crippen molar-refractivity contribution in [2.45, 2.75) is 0 Å². The van der Waals surface area contributed by atoms with Crippen molar-refractivity contribution in [3.05, 3.63) is 69.2 Å². The zero-order valence-corrected chi connectivity index (χ0v) is 16.1. The lowest BCUT2D eigenvalue weighted by atomic mass is 10.1. The lowest BCUT2D eigenvalue weighted by Crippen LogP contribution is -1.94. The second-order valence-electron chi connectivity index (χ2n) is 5.30. The number of aromatic nitrogens is 4. The van der Waals surface area contributed by atoms with Gasteiger partial charge >= 0.3 is 0 Å². The van der Waals surface area contributed by atoms with E-state index in [0.717, 1.165) is 16.9 Å². The summed E-state index contributed by atoms with van der Waals surface area (Å²) in [5.41, 5.74) is 3.36. The van der Waals surface area contributed by atoms with Crippen molar-refractivity contribution in [3.63, 3.8) is 0 Å². The third kappa shape index (κ3) is 3.54. The monoisotopic (exact) mass is 421 g/mol. The standard InChI is InChI=1S/C17H10Cl3N5S/c18-11-7-13(19)16(14(20)8-11)23-17-22-15(9-26-17)10-1-3-12(4-2-10)25-6-5-21-24-25/h1-9H,(H,22,23). The third-order valence-corrected chi connectivity index (χ3v) is 5.17. The second-order valence-corrected chi connectivity index (χ2v) is 7.41. The Morgan fingerprint density at radius 3 is 2.38 bits per heavy atom. The summed E-state index contributed by atoms with van der Waals surface area (Å²) >= 11 is 19.8. The third-order valence-electron chi connectivity index (χ3n) is 3.59. The molecule has 0 saturated carbocycles. The highest BCUT2D eigenvalue weighted by Gasteiger charge is 2.11. The van der Waals surface area contributed by atoms with E-state index in [1.165, 1.54) is 11.3 Å². The van der Waals surface area contributed by atoms with Gasteiger partial charge in [-0.15, -0.1) is 16.4 Å². The van der Waals surface area contributed by atoms with Gasteiger partial charge in [0.25, 0.3) is 0 Å². The molecule has 2 aromatic heterocycles. The van der Waals surface area contributed by atoms with Crippen molar-refractivity contribution >= 4 is 57.0 Å². The molecule has 0 amide bonds. The maximum Gasteiger partial charge on any atom is 0.187 e. The molecule has 130 valence electrons. The van der Waals surface area contributed by atoms with Crippen LogP contribution in [0.15, 0.2) is 54.2 Å². The Balaban J connectivity index is 1.57. The minimum Gasteiger partial charge on any atom is -0.329 e. The quantitative estimate of drug-likeness (QED) is 0.432. The van der Waals surface area contributed by atoms with Crippen LogP contribution in [0.3, 0.4) is 0 Å². The molecular weight excluding hydrogens is 413 g/mol. The first-order chi connectivity index (χ1) is 12.6. The van der Waals surface area contributed by atoms with Crippen LogP contribution in [0, 0.1) is 0 Å². The summed E-state index contributed by atoms with van der Waals surface area (Å²) in [5, 5.41) is 14.9. The van der Waals surface area contributed by atoms with Gasteiger partial charge in [-0.05, 0) is 24.3 Å². The second kappa shape index (κ2) is 7.25. The number of rotatable bonds is 4. The number of benzene rings is 2. The number of nitrogens with zero attached hydrogens (tertiary/aromatic N) is 4. The van der Waals surface area contributed by atoms with Crippen LogP contribution < -0.4 is 5.32 Å². The summed E-state index contributed by atoms with van der Waals surface area (Å²) < 4.78 is 1.70. The topological polar surface area (TPSA) is 55.6 Å². The van der Waals surface area contributed by atoms with E-state index in [0.29, 0.717) is 25.9 Å². The molecule has 0 aliphatic carbocycles. The number of nitrogens with one attached hydrogen (secondary N) is 1. The van der Waals surface area contributed by atoms with E-state index in [1.807, 2.05) is 29.6 Å². The number of hydrogen-bond donors (Lipinski definition) is 1. The first-order valence-electron chi connectivity index (χ1n) is 7.44. The number of thiazole rings is 1. The summed E-state index contributed by atoms with van der Waals surface area (Å²) in [6, 6.07) is 11.2. The molecule has 9 heteroatoms. The molecular formula is C17H10Cl3N5S. The van der Waals surface area contributed by atoms with Crippen LogP contribution in [0.5, 0.6) is 0 Å². The van der Waals surface area contributed by atoms with Crippen molar-refractivity contribution in [1.82, 2.24) is 20.0 Å². The SMILES string of the molecule is Clc1cc(Cl)c(Nc2nc(-c3ccc(-n4ccnn4)cc3)cs2)c(Cl)c1. The molecule has 0 atom stereocenters. The maximum atomic E-state index is 6.21. The van der Waals surface area contributed by atoms with Crippen LogP contribution in [-0.4, -0.2) is 20.0 Å². The molecule has 4 rings (SSSR count). The van der Waals surface area contributed by atoms with Gasteiger partial charge in [-0.3, -0.25) is 0 Å². The summed E-state index contributed by atoms with van der Waals surface area (Å²) in [5.74, 6) is 0. The Labute approximate surface area is 168 Å². The van der Waals surface area contributed by atoms with Crippen LogP contribution in [0.4, 0.5) is 10.8 Å². The molecule has 2 aromatic carbocycles. The molecule has 0 unspecified atom stereocenters. The van der Waals surface area contributed by atoms with Crippen LogP contribution in [0.1, 0.15) is 0 Å². The molecule has 0 saturated heterocycles. The summed E-state index contributed by atoms with van der Waals surface area (Å²) in [7, 11) is 0. The summed E-state index contributed by atoms with van der Waals surface area (Å²) in [4.78, 5) is 4.60. The minimum absolute atomic E-state index is 0.441. The lowest BCUT2D eigenvalue weighted by Gasteiger charge is -2.08. The van der Waals surface area contributed by atoms with E-state index < -0.39 is 0 Å². The van der Waals surface area contributed by atoms with Crippen molar-refractivity contribution < 1.29 is 0 Å². The van der Waals surface area contributed by atoms with Gasteiger partial charge in [0.1, 0.15) is 0 Å². The Hall–Kier alpha value is -2.12. The Bertz CT molecular complexity index is 1020. The van der Waals surface area contributed by atoms with E-state index in [1.54, 1.807) is 29.2 Å². The maximum absolute atomic E-state index is 6.21. The largest absolute Gasteiger partial charge is 0.329 e. The smallest absolute Gasteiger partial charge is 0.187 e. The number of anilines is 2. The average Bonchev–Trinajstić information content (AvgIpc) is 3.30. The van der Waals surface area contributed by atoms with Crippen molar-refractivity contribution in [2.24, 2.45) is 0 Å². The van der Waals surface area contributed by atoms with Crippen molar-refractivity contribution in [1.29, 1.82) is 0 Å². The molecule has 0 fully saturated rings. The molecule has 1 N–H and O–H groups in total. The van der Waals surface area contributed by atoms with Gasteiger partial charge in [-0.1, -0.05) is 52.1 Å². The predicted molar refractivity (Wildman–Crippen MR) is 107 cm³/mol. The fourth-order valence-corrected chi connectivity index (χ4v) is 4.00. The molecule has 26 heavy (non-hydrogen) atoms. The molecule has 4 aromatic rings. The van der Waals surface area contributed by atoms with Gasteiger partial charge in [-0.25, -0.2) is 9.67 Å². The molecule has 0 aliphatic rings. The molecule has 2 heterocycles. The first kappa shape index (κ1) is 17.3. The zero-order chi connectivity index (χ0) is 18.1. The van der Waals surface area contributed by atoms with E-state index in [9.17, 15) is 0 Å². The van der Waals surface area contributed by atoms with Crippen LogP contribution in [0.25, 0.3) is 16.9 Å². The fourth-order valence-electron chi connectivity index (χ4n) is 2.36. The molecule has 0 aliphatic heterocycles. The molecule has 5 nitrogen and oxygen atoms in total. The van der Waals surface area contributed by atoms with Crippen LogP contribution >= 0.6 is 46.1 Å². The van der Waals surface area contributed by atoms with E-state index in [2.05, 4.69) is 20.6 Å². The normalized spacial score (nSPS) is 10.9. The Morgan fingerprint density at radius 2 is 1.73 bits per heavy atom. The first-order valence-corrected chi connectivity index (χ1v) is 9.46. The predicted octanol–water partition coefficient (Wildman–Crippen LogP) is 6.09. The number of hydrogen-bond acceptors (Lipinski definition) is 5. The van der Waals surface area contributed by atoms with Crippen LogP contribution in [0.2, 0.25) is 15.1 Å². The van der Waals surface area contributed by atoms with Gasteiger partial charge in [0.05, 0.1) is 39.5 Å². The zero-order valence-electron chi connectivity index (χ0n) is 13.0. The van der Waals surface area contributed by atoms with Gasteiger partial charge < -0.3 is 5.32 Å². The number of halogens is 3. The van der Waals surface area contributed by atoms with Crippen LogP contribution in [-0.2, 0) is 0 Å². The van der Waals surface area contributed by atoms with E-state index >= 15 is 0 Å². The highest BCUT2D eigenvalue weighted by Crippen LogP contribution is 2.37. The van der Waals surface area contributed by atoms with Crippen molar-refractivity contribution in [3.8, 4) is 16.9 Å². The summed E-state index contributed by atoms with van der Waals surface area (Å²) in [6.07, 6.45) is 3.43. The Morgan fingerprint density at radius 1 is 1.00 bits per heavy atom. The highest BCUT2D eigenvalue weighted by molar-refractivity contribution is 7.14. The van der Waals surface area contributed by atoms with E-state index in [-0.39, 0.29) is 0 Å². The lowest BCUT2D eigenvalue weighted by molar-refractivity contribution is 0.803. The minimum atomic E-state index is 0.441. The van der Waals surface area contributed by atoms with Gasteiger partial charge in [0.2, 0.25) is 0 Å². The summed E-state index contributed by atoms with van der Waals surface area (Å²) in [6.45, 7) is 0.